The smallest absolute Gasteiger partial charge is 0.407 e. The van der Waals surface area contributed by atoms with Crippen LogP contribution in [-0.4, -0.2) is 37.8 Å². The number of carboxylic acid groups (broad SMARTS) is 1. The second-order valence-electron chi connectivity index (χ2n) is 4.32. The summed E-state index contributed by atoms with van der Waals surface area (Å²) >= 11 is 0. The molecule has 1 aliphatic rings. The van der Waals surface area contributed by atoms with Crippen molar-refractivity contribution in [3.63, 3.8) is 0 Å². The van der Waals surface area contributed by atoms with Crippen LogP contribution in [0.3, 0.4) is 0 Å². The molecular formula is C12H12N4O3. The molecule has 1 amide bonds. The van der Waals surface area contributed by atoms with Crippen molar-refractivity contribution < 1.29 is 14.4 Å². The summed E-state index contributed by atoms with van der Waals surface area (Å²) in [5, 5.41) is 13.0. The van der Waals surface area contributed by atoms with Gasteiger partial charge in [0, 0.05) is 25.0 Å². The van der Waals surface area contributed by atoms with E-state index in [2.05, 4.69) is 15.1 Å². The average molecular weight is 260 g/mol. The molecule has 1 aliphatic heterocycles. The van der Waals surface area contributed by atoms with Gasteiger partial charge < -0.3 is 9.63 Å². The molecule has 7 heteroatoms. The summed E-state index contributed by atoms with van der Waals surface area (Å²) in [6, 6.07) is 3.16. The molecule has 0 saturated carbocycles. The summed E-state index contributed by atoms with van der Waals surface area (Å²) in [6.07, 6.45) is 3.88. The van der Waals surface area contributed by atoms with Crippen molar-refractivity contribution >= 4 is 6.09 Å². The summed E-state index contributed by atoms with van der Waals surface area (Å²) in [6.45, 7) is 0.526. The van der Waals surface area contributed by atoms with E-state index in [1.54, 1.807) is 24.5 Å². The molecule has 2 aromatic heterocycles. The van der Waals surface area contributed by atoms with E-state index in [0.717, 1.165) is 12.8 Å². The van der Waals surface area contributed by atoms with Crippen molar-refractivity contribution in [1.82, 2.24) is 20.0 Å². The first kappa shape index (κ1) is 11.6. The highest BCUT2D eigenvalue weighted by molar-refractivity contribution is 5.66. The summed E-state index contributed by atoms with van der Waals surface area (Å²) in [5.74, 6) is 1.01. The third-order valence-corrected chi connectivity index (χ3v) is 3.15. The van der Waals surface area contributed by atoms with Crippen LogP contribution >= 0.6 is 0 Å². The van der Waals surface area contributed by atoms with Crippen LogP contribution in [0, 0.1) is 0 Å². The first-order chi connectivity index (χ1) is 9.25. The van der Waals surface area contributed by atoms with Gasteiger partial charge in [-0.05, 0) is 18.9 Å². The SMILES string of the molecule is O=C(O)N1CCCC1c1cc(-c2ncccn2)no1. The van der Waals surface area contributed by atoms with Crippen molar-refractivity contribution in [2.45, 2.75) is 18.9 Å². The maximum atomic E-state index is 11.1. The summed E-state index contributed by atoms with van der Waals surface area (Å²) in [5.41, 5.74) is 0.521. The van der Waals surface area contributed by atoms with E-state index in [1.807, 2.05) is 0 Å². The monoisotopic (exact) mass is 260 g/mol. The summed E-state index contributed by atoms with van der Waals surface area (Å²) in [4.78, 5) is 20.6. The standard InChI is InChI=1S/C12H12N4O3/c17-12(18)16-6-1-3-9(16)10-7-8(15-19-10)11-13-4-2-5-14-11/h2,4-5,7,9H,1,3,6H2,(H,17,18). The molecule has 3 heterocycles. The van der Waals surface area contributed by atoms with E-state index in [9.17, 15) is 4.79 Å². The van der Waals surface area contributed by atoms with Crippen LogP contribution in [0.15, 0.2) is 29.0 Å². The van der Waals surface area contributed by atoms with Crippen molar-refractivity contribution in [2.75, 3.05) is 6.54 Å². The molecule has 3 rings (SSSR count). The Balaban J connectivity index is 1.87. The highest BCUT2D eigenvalue weighted by Crippen LogP contribution is 2.33. The average Bonchev–Trinajstić information content (AvgIpc) is 3.08. The number of hydrogen-bond donors (Lipinski definition) is 1. The van der Waals surface area contributed by atoms with Gasteiger partial charge in [0.2, 0.25) is 0 Å². The Kier molecular flexibility index (Phi) is 2.86. The second kappa shape index (κ2) is 4.68. The van der Waals surface area contributed by atoms with Crippen LogP contribution in [0.4, 0.5) is 4.79 Å². The van der Waals surface area contributed by atoms with Gasteiger partial charge in [-0.25, -0.2) is 14.8 Å². The van der Waals surface area contributed by atoms with E-state index < -0.39 is 6.09 Å². The van der Waals surface area contributed by atoms with Crippen LogP contribution in [-0.2, 0) is 0 Å². The molecule has 98 valence electrons. The molecule has 0 aromatic carbocycles. The fourth-order valence-corrected chi connectivity index (χ4v) is 2.27. The molecule has 7 nitrogen and oxygen atoms in total. The zero-order valence-corrected chi connectivity index (χ0v) is 10.1. The van der Waals surface area contributed by atoms with Crippen molar-refractivity contribution in [2.24, 2.45) is 0 Å². The van der Waals surface area contributed by atoms with E-state index in [-0.39, 0.29) is 6.04 Å². The topological polar surface area (TPSA) is 92.3 Å². The number of likely N-dealkylation sites (tertiary alicyclic amines) is 1. The van der Waals surface area contributed by atoms with E-state index >= 15 is 0 Å². The predicted octanol–water partition coefficient (Wildman–Crippen LogP) is 1.95. The highest BCUT2D eigenvalue weighted by Gasteiger charge is 2.32. The van der Waals surface area contributed by atoms with Crippen LogP contribution in [0.5, 0.6) is 0 Å². The molecule has 1 N–H and O–H groups in total. The lowest BCUT2D eigenvalue weighted by atomic mass is 10.1. The van der Waals surface area contributed by atoms with E-state index in [1.165, 1.54) is 4.90 Å². The fourth-order valence-electron chi connectivity index (χ4n) is 2.27. The van der Waals surface area contributed by atoms with Gasteiger partial charge in [-0.2, -0.15) is 0 Å². The second-order valence-corrected chi connectivity index (χ2v) is 4.32. The van der Waals surface area contributed by atoms with Gasteiger partial charge in [0.15, 0.2) is 17.3 Å². The molecule has 19 heavy (non-hydrogen) atoms. The molecule has 1 saturated heterocycles. The molecule has 0 aliphatic carbocycles. The summed E-state index contributed by atoms with van der Waals surface area (Å²) < 4.78 is 5.25. The third-order valence-electron chi connectivity index (χ3n) is 3.15. The van der Waals surface area contributed by atoms with Crippen LogP contribution in [0.25, 0.3) is 11.5 Å². The zero-order chi connectivity index (χ0) is 13.2. The van der Waals surface area contributed by atoms with Gasteiger partial charge in [0.05, 0.1) is 6.04 Å². The normalized spacial score (nSPS) is 18.7. The first-order valence-electron chi connectivity index (χ1n) is 5.99. The van der Waals surface area contributed by atoms with Crippen LogP contribution in [0.2, 0.25) is 0 Å². The lowest BCUT2D eigenvalue weighted by molar-refractivity contribution is 0.133. The number of nitrogens with zero attached hydrogens (tertiary/aromatic N) is 4. The molecule has 0 spiro atoms. The summed E-state index contributed by atoms with van der Waals surface area (Å²) in [7, 11) is 0. The third kappa shape index (κ3) is 2.14. The van der Waals surface area contributed by atoms with Gasteiger partial charge in [-0.3, -0.25) is 4.90 Å². The Morgan fingerprint density at radius 2 is 2.21 bits per heavy atom. The Hall–Kier alpha value is -2.44. The lowest BCUT2D eigenvalue weighted by Crippen LogP contribution is -2.28. The molecule has 1 unspecified atom stereocenters. The molecular weight excluding hydrogens is 248 g/mol. The maximum Gasteiger partial charge on any atom is 0.407 e. The van der Waals surface area contributed by atoms with Gasteiger partial charge in [-0.1, -0.05) is 5.16 Å². The number of rotatable bonds is 2. The van der Waals surface area contributed by atoms with Gasteiger partial charge >= 0.3 is 6.09 Å². The minimum absolute atomic E-state index is 0.262. The molecule has 2 aromatic rings. The van der Waals surface area contributed by atoms with Crippen molar-refractivity contribution in [1.29, 1.82) is 0 Å². The molecule has 1 atom stereocenters. The van der Waals surface area contributed by atoms with Crippen molar-refractivity contribution in [3.8, 4) is 11.5 Å². The molecule has 0 radical (unpaired) electrons. The predicted molar refractivity (Wildman–Crippen MR) is 64.2 cm³/mol. The Morgan fingerprint density at radius 1 is 1.42 bits per heavy atom. The zero-order valence-electron chi connectivity index (χ0n) is 10.1. The largest absolute Gasteiger partial charge is 0.465 e. The van der Waals surface area contributed by atoms with E-state index in [4.69, 9.17) is 9.63 Å². The number of aromatic nitrogens is 3. The van der Waals surface area contributed by atoms with Gasteiger partial charge in [-0.15, -0.1) is 0 Å². The minimum atomic E-state index is -0.934. The van der Waals surface area contributed by atoms with Gasteiger partial charge in [0.25, 0.3) is 0 Å². The van der Waals surface area contributed by atoms with E-state index in [0.29, 0.717) is 23.8 Å². The minimum Gasteiger partial charge on any atom is -0.465 e. The maximum absolute atomic E-state index is 11.1. The quantitative estimate of drug-likeness (QED) is 0.887. The first-order valence-corrected chi connectivity index (χ1v) is 5.99. The van der Waals surface area contributed by atoms with Crippen molar-refractivity contribution in [3.05, 3.63) is 30.3 Å². The highest BCUT2D eigenvalue weighted by atomic mass is 16.5. The van der Waals surface area contributed by atoms with Gasteiger partial charge in [0.1, 0.15) is 0 Å². The fraction of sp³-hybridized carbons (Fsp3) is 0.333. The van der Waals surface area contributed by atoms with Crippen LogP contribution < -0.4 is 0 Å². The molecule has 1 fully saturated rings. The number of amides is 1. The lowest BCUT2D eigenvalue weighted by Gasteiger charge is -2.18. The number of hydrogen-bond acceptors (Lipinski definition) is 5. The Bertz CT molecular complexity index is 584. The number of carbonyl (C=O) groups is 1. The Morgan fingerprint density at radius 3 is 2.95 bits per heavy atom. The Labute approximate surface area is 108 Å². The molecule has 0 bridgehead atoms. The van der Waals surface area contributed by atoms with Crippen LogP contribution in [0.1, 0.15) is 24.6 Å².